The normalized spacial score (nSPS) is 10.9. The number of halogens is 1. The summed E-state index contributed by atoms with van der Waals surface area (Å²) in [6, 6.07) is 8.35. The zero-order valence-electron chi connectivity index (χ0n) is 12.0. The summed E-state index contributed by atoms with van der Waals surface area (Å²) in [4.78, 5) is 13.7. The number of benzene rings is 1. The zero-order valence-corrected chi connectivity index (χ0v) is 13.6. The minimum absolute atomic E-state index is 0.153. The SMILES string of the molecule is CC(C)N(C(=O)OCCc1ccc(Br)cc1)C(C)C. The highest BCUT2D eigenvalue weighted by Gasteiger charge is 2.21. The van der Waals surface area contributed by atoms with Crippen LogP contribution in [0.15, 0.2) is 28.7 Å². The molecule has 0 fully saturated rings. The van der Waals surface area contributed by atoms with Crippen molar-refractivity contribution in [1.29, 1.82) is 0 Å². The van der Waals surface area contributed by atoms with Crippen LogP contribution in [0.25, 0.3) is 0 Å². The van der Waals surface area contributed by atoms with E-state index in [1.807, 2.05) is 52.0 Å². The van der Waals surface area contributed by atoms with E-state index in [9.17, 15) is 4.79 Å². The van der Waals surface area contributed by atoms with E-state index in [2.05, 4.69) is 15.9 Å². The Hall–Kier alpha value is -1.03. The van der Waals surface area contributed by atoms with Crippen molar-refractivity contribution in [1.82, 2.24) is 4.90 Å². The molecule has 4 heteroatoms. The molecule has 1 rings (SSSR count). The van der Waals surface area contributed by atoms with Gasteiger partial charge in [0.05, 0.1) is 6.61 Å². The average Bonchev–Trinajstić information content (AvgIpc) is 2.30. The van der Waals surface area contributed by atoms with Crippen molar-refractivity contribution in [2.75, 3.05) is 6.61 Å². The summed E-state index contributed by atoms with van der Waals surface area (Å²) in [6.45, 7) is 8.40. The summed E-state index contributed by atoms with van der Waals surface area (Å²) in [5.41, 5.74) is 1.16. The number of carbonyl (C=O) groups is 1. The Morgan fingerprint density at radius 1 is 1.16 bits per heavy atom. The van der Waals surface area contributed by atoms with Crippen LogP contribution < -0.4 is 0 Å². The van der Waals surface area contributed by atoms with Gasteiger partial charge in [0, 0.05) is 23.0 Å². The van der Waals surface area contributed by atoms with E-state index in [1.54, 1.807) is 4.90 Å². The fourth-order valence-electron chi connectivity index (χ4n) is 2.00. The van der Waals surface area contributed by atoms with Crippen LogP contribution in [-0.2, 0) is 11.2 Å². The summed E-state index contributed by atoms with van der Waals surface area (Å²) < 4.78 is 6.39. The molecule has 0 heterocycles. The van der Waals surface area contributed by atoms with Crippen LogP contribution in [-0.4, -0.2) is 29.7 Å². The fourth-order valence-corrected chi connectivity index (χ4v) is 2.26. The monoisotopic (exact) mass is 327 g/mol. The molecule has 1 aromatic rings. The van der Waals surface area contributed by atoms with Crippen molar-refractivity contribution >= 4 is 22.0 Å². The fraction of sp³-hybridized carbons (Fsp3) is 0.533. The molecular formula is C15H22BrNO2. The number of amides is 1. The summed E-state index contributed by atoms with van der Waals surface area (Å²) in [5.74, 6) is 0. The first-order valence-electron chi connectivity index (χ1n) is 6.61. The Bertz CT molecular complexity index is 393. The number of carbonyl (C=O) groups excluding carboxylic acids is 1. The molecule has 0 radical (unpaired) electrons. The van der Waals surface area contributed by atoms with Gasteiger partial charge in [0.2, 0.25) is 0 Å². The second-order valence-corrected chi connectivity index (χ2v) is 6.00. The van der Waals surface area contributed by atoms with Gasteiger partial charge in [-0.3, -0.25) is 0 Å². The predicted octanol–water partition coefficient (Wildman–Crippen LogP) is 4.25. The quantitative estimate of drug-likeness (QED) is 0.809. The van der Waals surface area contributed by atoms with Gasteiger partial charge in [-0.05, 0) is 45.4 Å². The van der Waals surface area contributed by atoms with Crippen LogP contribution in [0.1, 0.15) is 33.3 Å². The van der Waals surface area contributed by atoms with Crippen LogP contribution >= 0.6 is 15.9 Å². The second kappa shape index (κ2) is 7.53. The van der Waals surface area contributed by atoms with E-state index in [1.165, 1.54) is 0 Å². The first-order valence-corrected chi connectivity index (χ1v) is 7.40. The second-order valence-electron chi connectivity index (χ2n) is 5.09. The standard InChI is InChI=1S/C15H22BrNO2/c1-11(2)17(12(3)4)15(18)19-10-9-13-5-7-14(16)8-6-13/h5-8,11-12H,9-10H2,1-4H3. The lowest BCUT2D eigenvalue weighted by Gasteiger charge is -2.29. The minimum Gasteiger partial charge on any atom is -0.449 e. The average molecular weight is 328 g/mol. The van der Waals surface area contributed by atoms with E-state index in [-0.39, 0.29) is 18.2 Å². The smallest absolute Gasteiger partial charge is 0.410 e. The molecule has 19 heavy (non-hydrogen) atoms. The highest BCUT2D eigenvalue weighted by Crippen LogP contribution is 2.12. The van der Waals surface area contributed by atoms with Crippen molar-refractivity contribution < 1.29 is 9.53 Å². The molecule has 0 N–H and O–H groups in total. The van der Waals surface area contributed by atoms with E-state index < -0.39 is 0 Å². The third-order valence-electron chi connectivity index (χ3n) is 2.85. The molecule has 0 saturated heterocycles. The van der Waals surface area contributed by atoms with Gasteiger partial charge in [0.25, 0.3) is 0 Å². The highest BCUT2D eigenvalue weighted by molar-refractivity contribution is 9.10. The van der Waals surface area contributed by atoms with Crippen LogP contribution in [0.3, 0.4) is 0 Å². The predicted molar refractivity (Wildman–Crippen MR) is 81.3 cm³/mol. The Kier molecular flexibility index (Phi) is 6.35. The molecule has 0 aliphatic carbocycles. The van der Waals surface area contributed by atoms with Crippen molar-refractivity contribution in [2.45, 2.75) is 46.2 Å². The van der Waals surface area contributed by atoms with E-state index in [0.717, 1.165) is 16.5 Å². The van der Waals surface area contributed by atoms with Gasteiger partial charge in [-0.15, -0.1) is 0 Å². The van der Waals surface area contributed by atoms with Crippen molar-refractivity contribution in [3.63, 3.8) is 0 Å². The van der Waals surface area contributed by atoms with Crippen LogP contribution in [0.5, 0.6) is 0 Å². The molecule has 106 valence electrons. The summed E-state index contributed by atoms with van der Waals surface area (Å²) in [5, 5.41) is 0. The molecule has 0 aliphatic rings. The number of hydrogen-bond acceptors (Lipinski definition) is 2. The van der Waals surface area contributed by atoms with Crippen molar-refractivity contribution in [3.8, 4) is 0 Å². The van der Waals surface area contributed by atoms with Gasteiger partial charge in [0.1, 0.15) is 0 Å². The number of ether oxygens (including phenoxy) is 1. The molecule has 0 unspecified atom stereocenters. The van der Waals surface area contributed by atoms with E-state index in [4.69, 9.17) is 4.74 Å². The molecule has 0 spiro atoms. The van der Waals surface area contributed by atoms with Gasteiger partial charge in [-0.1, -0.05) is 28.1 Å². The Balaban J connectivity index is 2.43. The van der Waals surface area contributed by atoms with Gasteiger partial charge in [-0.25, -0.2) is 4.79 Å². The molecule has 1 aromatic carbocycles. The topological polar surface area (TPSA) is 29.5 Å². The maximum Gasteiger partial charge on any atom is 0.410 e. The maximum absolute atomic E-state index is 12.0. The number of hydrogen-bond donors (Lipinski definition) is 0. The maximum atomic E-state index is 12.0. The Labute approximate surface area is 124 Å². The molecule has 0 bridgehead atoms. The summed E-state index contributed by atoms with van der Waals surface area (Å²) in [7, 11) is 0. The third-order valence-corrected chi connectivity index (χ3v) is 3.38. The van der Waals surface area contributed by atoms with Crippen molar-refractivity contribution in [2.24, 2.45) is 0 Å². The lowest BCUT2D eigenvalue weighted by Crippen LogP contribution is -2.42. The lowest BCUT2D eigenvalue weighted by atomic mass is 10.2. The van der Waals surface area contributed by atoms with Crippen LogP contribution in [0.2, 0.25) is 0 Å². The molecule has 1 amide bonds. The van der Waals surface area contributed by atoms with E-state index >= 15 is 0 Å². The number of rotatable bonds is 5. The third kappa shape index (κ3) is 5.23. The van der Waals surface area contributed by atoms with Crippen molar-refractivity contribution in [3.05, 3.63) is 34.3 Å². The molecule has 0 atom stereocenters. The summed E-state index contributed by atoms with van der Waals surface area (Å²) >= 11 is 3.40. The van der Waals surface area contributed by atoms with Crippen LogP contribution in [0, 0.1) is 0 Å². The highest BCUT2D eigenvalue weighted by atomic mass is 79.9. The summed E-state index contributed by atoms with van der Waals surface area (Å²) in [6.07, 6.45) is 0.505. The first kappa shape index (κ1) is 16.0. The van der Waals surface area contributed by atoms with Gasteiger partial charge in [-0.2, -0.15) is 0 Å². The zero-order chi connectivity index (χ0) is 14.4. The number of nitrogens with zero attached hydrogens (tertiary/aromatic N) is 1. The first-order chi connectivity index (χ1) is 8.91. The molecule has 3 nitrogen and oxygen atoms in total. The Morgan fingerprint density at radius 3 is 2.16 bits per heavy atom. The minimum atomic E-state index is -0.234. The van der Waals surface area contributed by atoms with Crippen LogP contribution in [0.4, 0.5) is 4.79 Å². The molecule has 0 aliphatic heterocycles. The van der Waals surface area contributed by atoms with Gasteiger partial charge in [0.15, 0.2) is 0 Å². The Morgan fingerprint density at radius 2 is 1.68 bits per heavy atom. The molecule has 0 saturated carbocycles. The lowest BCUT2D eigenvalue weighted by molar-refractivity contribution is 0.0801. The van der Waals surface area contributed by atoms with E-state index in [0.29, 0.717) is 6.61 Å². The largest absolute Gasteiger partial charge is 0.449 e. The van der Waals surface area contributed by atoms with Gasteiger partial charge >= 0.3 is 6.09 Å². The van der Waals surface area contributed by atoms with Gasteiger partial charge < -0.3 is 9.64 Å². The molecule has 0 aromatic heterocycles. The molecular weight excluding hydrogens is 306 g/mol.